The Balaban J connectivity index is 1.43. The Morgan fingerprint density at radius 3 is 2.45 bits per heavy atom. The molecule has 0 atom stereocenters. The molecule has 4 rings (SSSR count). The molecule has 3 N–H and O–H groups in total. The van der Waals surface area contributed by atoms with Gasteiger partial charge >= 0.3 is 0 Å². The van der Waals surface area contributed by atoms with Gasteiger partial charge in [0.1, 0.15) is 10.6 Å². The number of H-pyrrole nitrogens is 1. The smallest absolute Gasteiger partial charge is 0.274 e. The van der Waals surface area contributed by atoms with Crippen LogP contribution in [0.15, 0.2) is 35.4 Å². The van der Waals surface area contributed by atoms with Crippen molar-refractivity contribution in [1.82, 2.24) is 24.0 Å². The van der Waals surface area contributed by atoms with E-state index in [1.807, 2.05) is 19.1 Å². The molecule has 1 fully saturated rings. The van der Waals surface area contributed by atoms with Crippen molar-refractivity contribution in [2.75, 3.05) is 26.2 Å². The quantitative estimate of drug-likeness (QED) is 0.584. The van der Waals surface area contributed by atoms with Crippen LogP contribution in [0.25, 0.3) is 10.6 Å². The number of nitrogens with two attached hydrogens (primary N) is 1. The number of nitrogens with one attached hydrogen (secondary N) is 1. The third-order valence-electron chi connectivity index (χ3n) is 5.20. The van der Waals surface area contributed by atoms with Gasteiger partial charge in [-0.05, 0) is 31.2 Å². The molecule has 10 nitrogen and oxygen atoms in total. The van der Waals surface area contributed by atoms with Crippen LogP contribution >= 0.6 is 11.3 Å². The van der Waals surface area contributed by atoms with Gasteiger partial charge in [-0.25, -0.2) is 8.42 Å². The maximum Gasteiger partial charge on any atom is 0.274 e. The van der Waals surface area contributed by atoms with E-state index in [0.717, 1.165) is 15.4 Å². The summed E-state index contributed by atoms with van der Waals surface area (Å²) in [7, 11) is -2.23. The highest BCUT2D eigenvalue weighted by Gasteiger charge is 2.32. The predicted molar refractivity (Wildman–Crippen MR) is 115 cm³/mol. The first-order valence-electron chi connectivity index (χ1n) is 9.54. The number of hydrogen-bond donors (Lipinski definition) is 2. The Kier molecular flexibility index (Phi) is 5.45. The van der Waals surface area contributed by atoms with E-state index in [1.165, 1.54) is 21.1 Å². The predicted octanol–water partition coefficient (Wildman–Crippen LogP) is 1.03. The Hall–Kier alpha value is -2.96. The second kappa shape index (κ2) is 7.94. The average Bonchev–Trinajstić information content (AvgIpc) is 3.47. The zero-order valence-electron chi connectivity index (χ0n) is 17.0. The Bertz CT molecular complexity index is 1250. The zero-order valence-corrected chi connectivity index (χ0v) is 18.7. The summed E-state index contributed by atoms with van der Waals surface area (Å²) in [6, 6.07) is 6.96. The minimum absolute atomic E-state index is 0.00626. The highest BCUT2D eigenvalue weighted by molar-refractivity contribution is 7.89. The number of amides is 2. The van der Waals surface area contributed by atoms with Gasteiger partial charge in [-0.1, -0.05) is 0 Å². The second-order valence-corrected chi connectivity index (χ2v) is 10.5. The third-order valence-corrected chi connectivity index (χ3v) is 8.10. The fourth-order valence-electron chi connectivity index (χ4n) is 3.50. The summed E-state index contributed by atoms with van der Waals surface area (Å²) in [5.74, 6) is -0.945. The third kappa shape index (κ3) is 4.01. The van der Waals surface area contributed by atoms with Gasteiger partial charge in [-0.2, -0.15) is 9.40 Å². The summed E-state index contributed by atoms with van der Waals surface area (Å²) in [6.07, 6.45) is 1.37. The van der Waals surface area contributed by atoms with Crippen molar-refractivity contribution >= 4 is 33.2 Å². The number of aromatic amines is 1. The molecule has 0 spiro atoms. The standard InChI is InChI=1S/C19H22N6O4S2/c1-12-3-4-17(30-12)14-10-15(22-21-14)19(27)24-5-7-25(8-6-24)31(28,29)13-9-16(18(20)26)23(2)11-13/h3-4,9-11H,5-8H2,1-2H3,(H2,20,26)(H,21,22). The van der Waals surface area contributed by atoms with Crippen LogP contribution in [-0.4, -0.2) is 70.4 Å². The summed E-state index contributed by atoms with van der Waals surface area (Å²) >= 11 is 1.61. The van der Waals surface area contributed by atoms with E-state index in [1.54, 1.807) is 29.4 Å². The van der Waals surface area contributed by atoms with Crippen molar-refractivity contribution in [2.45, 2.75) is 11.8 Å². The number of rotatable bonds is 5. The van der Waals surface area contributed by atoms with Crippen molar-refractivity contribution in [1.29, 1.82) is 0 Å². The lowest BCUT2D eigenvalue weighted by Crippen LogP contribution is -2.50. The van der Waals surface area contributed by atoms with E-state index in [0.29, 0.717) is 5.69 Å². The summed E-state index contributed by atoms with van der Waals surface area (Å²) in [5, 5.41) is 7.03. The second-order valence-electron chi connectivity index (χ2n) is 7.31. The maximum atomic E-state index is 12.9. The number of hydrogen-bond acceptors (Lipinski definition) is 6. The van der Waals surface area contributed by atoms with Crippen molar-refractivity contribution in [3.05, 3.63) is 46.7 Å². The molecule has 164 valence electrons. The minimum atomic E-state index is -3.79. The lowest BCUT2D eigenvalue weighted by molar-refractivity contribution is 0.0691. The molecule has 1 aliphatic rings. The number of aryl methyl sites for hydroxylation is 2. The van der Waals surface area contributed by atoms with Crippen LogP contribution in [0.3, 0.4) is 0 Å². The fourth-order valence-corrected chi connectivity index (χ4v) is 5.83. The highest BCUT2D eigenvalue weighted by Crippen LogP contribution is 2.27. The molecular weight excluding hydrogens is 440 g/mol. The van der Waals surface area contributed by atoms with E-state index in [9.17, 15) is 18.0 Å². The van der Waals surface area contributed by atoms with Crippen LogP contribution in [0, 0.1) is 6.92 Å². The van der Waals surface area contributed by atoms with Gasteiger partial charge in [-0.3, -0.25) is 14.7 Å². The van der Waals surface area contributed by atoms with Gasteiger partial charge in [0.25, 0.3) is 11.8 Å². The zero-order chi connectivity index (χ0) is 22.3. The van der Waals surface area contributed by atoms with Gasteiger partial charge in [-0.15, -0.1) is 11.3 Å². The molecule has 0 bridgehead atoms. The first-order valence-corrected chi connectivity index (χ1v) is 11.8. The lowest BCUT2D eigenvalue weighted by atomic mass is 10.2. The summed E-state index contributed by atoms with van der Waals surface area (Å²) in [5.41, 5.74) is 6.46. The molecule has 31 heavy (non-hydrogen) atoms. The SMILES string of the molecule is Cc1ccc(-c2cc(C(=O)N3CCN(S(=O)(=O)c4cc(C(N)=O)n(C)c4)CC3)n[nH]2)s1. The monoisotopic (exact) mass is 462 g/mol. The van der Waals surface area contributed by atoms with Crippen molar-refractivity contribution in [3.63, 3.8) is 0 Å². The molecule has 1 aliphatic heterocycles. The van der Waals surface area contributed by atoms with Crippen LogP contribution in [0.1, 0.15) is 25.9 Å². The Labute approximate surface area is 183 Å². The van der Waals surface area contributed by atoms with Gasteiger partial charge in [0.2, 0.25) is 10.0 Å². The van der Waals surface area contributed by atoms with Gasteiger partial charge in [0, 0.05) is 44.3 Å². The number of nitrogens with zero attached hydrogens (tertiary/aromatic N) is 4. The molecular formula is C19H22N6O4S2. The largest absolute Gasteiger partial charge is 0.364 e. The van der Waals surface area contributed by atoms with Crippen LogP contribution in [-0.2, 0) is 17.1 Å². The molecule has 12 heteroatoms. The fraction of sp³-hybridized carbons (Fsp3) is 0.316. The van der Waals surface area contributed by atoms with Crippen LogP contribution in [0.4, 0.5) is 0 Å². The van der Waals surface area contributed by atoms with Crippen molar-refractivity contribution < 1.29 is 18.0 Å². The molecule has 4 heterocycles. The molecule has 3 aromatic heterocycles. The van der Waals surface area contributed by atoms with Crippen molar-refractivity contribution in [3.8, 4) is 10.6 Å². The van der Waals surface area contributed by atoms with Crippen molar-refractivity contribution in [2.24, 2.45) is 12.8 Å². The molecule has 1 saturated heterocycles. The molecule has 0 unspecified atom stereocenters. The normalized spacial score (nSPS) is 15.4. The number of carbonyl (C=O) groups excluding carboxylic acids is 2. The number of primary amides is 1. The van der Waals surface area contributed by atoms with E-state index >= 15 is 0 Å². The summed E-state index contributed by atoms with van der Waals surface area (Å²) in [4.78, 5) is 28.0. The first-order chi connectivity index (χ1) is 14.7. The highest BCUT2D eigenvalue weighted by atomic mass is 32.2. The van der Waals surface area contributed by atoms with Gasteiger partial charge in [0.15, 0.2) is 5.69 Å². The topological polar surface area (TPSA) is 134 Å². The Morgan fingerprint density at radius 1 is 1.16 bits per heavy atom. The number of aromatic nitrogens is 3. The van der Waals surface area contributed by atoms with E-state index in [4.69, 9.17) is 5.73 Å². The van der Waals surface area contributed by atoms with Crippen LogP contribution < -0.4 is 5.73 Å². The van der Waals surface area contributed by atoms with Crippen LogP contribution in [0.5, 0.6) is 0 Å². The van der Waals surface area contributed by atoms with E-state index < -0.39 is 15.9 Å². The summed E-state index contributed by atoms with van der Waals surface area (Å²) < 4.78 is 28.5. The molecule has 3 aromatic rings. The number of thiophene rings is 1. The van der Waals surface area contributed by atoms with Gasteiger partial charge < -0.3 is 15.2 Å². The summed E-state index contributed by atoms with van der Waals surface area (Å²) in [6.45, 7) is 2.79. The first kappa shape index (κ1) is 21.3. The Morgan fingerprint density at radius 2 is 1.87 bits per heavy atom. The number of carbonyl (C=O) groups is 2. The number of sulfonamides is 1. The molecule has 0 radical (unpaired) electrons. The van der Waals surface area contributed by atoms with Crippen LogP contribution in [0.2, 0.25) is 0 Å². The molecule has 0 aromatic carbocycles. The maximum absolute atomic E-state index is 12.9. The molecule has 0 aliphatic carbocycles. The molecule has 0 saturated carbocycles. The molecule has 2 amide bonds. The van der Waals surface area contributed by atoms with Gasteiger partial charge in [0.05, 0.1) is 10.6 Å². The minimum Gasteiger partial charge on any atom is -0.364 e. The van der Waals surface area contributed by atoms with E-state index in [-0.39, 0.29) is 42.7 Å². The number of piperazine rings is 1. The average molecular weight is 463 g/mol. The van der Waals surface area contributed by atoms with E-state index in [2.05, 4.69) is 10.2 Å². The lowest BCUT2D eigenvalue weighted by Gasteiger charge is -2.33.